The smallest absolute Gasteiger partial charge is 0.271 e. The minimum atomic E-state index is -0.158. The fourth-order valence-corrected chi connectivity index (χ4v) is 2.51. The summed E-state index contributed by atoms with van der Waals surface area (Å²) in [5, 5.41) is 6.14. The summed E-state index contributed by atoms with van der Waals surface area (Å²) in [4.78, 5) is 22.9. The quantitative estimate of drug-likeness (QED) is 0.797. The van der Waals surface area contributed by atoms with Crippen LogP contribution in [0.2, 0.25) is 0 Å². The molecule has 116 valence electrons. The van der Waals surface area contributed by atoms with Gasteiger partial charge in [0.2, 0.25) is 0 Å². The van der Waals surface area contributed by atoms with Gasteiger partial charge in [-0.1, -0.05) is 6.92 Å². The van der Waals surface area contributed by atoms with Crippen LogP contribution in [0.1, 0.15) is 43.6 Å². The van der Waals surface area contributed by atoms with Gasteiger partial charge in [0.15, 0.2) is 0 Å². The topological polar surface area (TPSA) is 70.2 Å². The van der Waals surface area contributed by atoms with Gasteiger partial charge in [-0.2, -0.15) is 0 Å². The van der Waals surface area contributed by atoms with Gasteiger partial charge in [0, 0.05) is 19.1 Å². The van der Waals surface area contributed by atoms with Crippen molar-refractivity contribution in [3.8, 4) is 0 Å². The molecule has 0 radical (unpaired) electrons. The van der Waals surface area contributed by atoms with Gasteiger partial charge in [0.1, 0.15) is 11.5 Å². The standard InChI is InChI=1S/C15H25N5O/c1-3-6-17-14-10-16-9-13(19-14)15(21)18-12(2)11-20-7-4-5-8-20/h9-10,12H,3-8,11H2,1-2H3,(H,17,19)(H,18,21). The number of nitrogens with zero attached hydrogens (tertiary/aromatic N) is 3. The van der Waals surface area contributed by atoms with Gasteiger partial charge >= 0.3 is 0 Å². The summed E-state index contributed by atoms with van der Waals surface area (Å²) in [6.45, 7) is 8.10. The van der Waals surface area contributed by atoms with Crippen LogP contribution < -0.4 is 10.6 Å². The van der Waals surface area contributed by atoms with Crippen molar-refractivity contribution >= 4 is 11.7 Å². The number of hydrogen-bond acceptors (Lipinski definition) is 5. The molecule has 0 spiro atoms. The molecule has 0 aliphatic carbocycles. The van der Waals surface area contributed by atoms with Crippen LogP contribution in [-0.4, -0.2) is 53.0 Å². The minimum Gasteiger partial charge on any atom is -0.369 e. The van der Waals surface area contributed by atoms with Crippen molar-refractivity contribution in [2.75, 3.05) is 31.5 Å². The van der Waals surface area contributed by atoms with Crippen molar-refractivity contribution in [2.24, 2.45) is 0 Å². The molecular weight excluding hydrogens is 266 g/mol. The van der Waals surface area contributed by atoms with E-state index in [2.05, 4.69) is 32.4 Å². The van der Waals surface area contributed by atoms with Gasteiger partial charge in [0.05, 0.1) is 12.4 Å². The number of hydrogen-bond donors (Lipinski definition) is 2. The molecule has 6 nitrogen and oxygen atoms in total. The molecule has 1 aromatic heterocycles. The van der Waals surface area contributed by atoms with E-state index in [1.54, 1.807) is 6.20 Å². The molecule has 1 aliphatic heterocycles. The van der Waals surface area contributed by atoms with Gasteiger partial charge < -0.3 is 15.5 Å². The molecule has 0 bridgehead atoms. The molecule has 1 aliphatic rings. The van der Waals surface area contributed by atoms with Crippen molar-refractivity contribution in [3.63, 3.8) is 0 Å². The van der Waals surface area contributed by atoms with Crippen LogP contribution in [-0.2, 0) is 0 Å². The first kappa shape index (κ1) is 15.7. The average molecular weight is 291 g/mol. The van der Waals surface area contributed by atoms with Crippen molar-refractivity contribution in [1.82, 2.24) is 20.2 Å². The highest BCUT2D eigenvalue weighted by molar-refractivity contribution is 5.92. The second kappa shape index (κ2) is 7.93. The summed E-state index contributed by atoms with van der Waals surface area (Å²) < 4.78 is 0. The number of nitrogens with one attached hydrogen (secondary N) is 2. The fraction of sp³-hybridized carbons (Fsp3) is 0.667. The first-order valence-electron chi connectivity index (χ1n) is 7.78. The van der Waals surface area contributed by atoms with E-state index in [9.17, 15) is 4.79 Å². The molecule has 2 heterocycles. The van der Waals surface area contributed by atoms with E-state index in [-0.39, 0.29) is 11.9 Å². The van der Waals surface area contributed by atoms with Crippen LogP contribution in [0.15, 0.2) is 12.4 Å². The number of anilines is 1. The summed E-state index contributed by atoms with van der Waals surface area (Å²) in [6, 6.07) is 0.115. The Morgan fingerprint density at radius 1 is 1.38 bits per heavy atom. The van der Waals surface area contributed by atoms with Crippen LogP contribution in [0, 0.1) is 0 Å². The van der Waals surface area contributed by atoms with Crippen molar-refractivity contribution in [1.29, 1.82) is 0 Å². The highest BCUT2D eigenvalue weighted by atomic mass is 16.1. The second-order valence-corrected chi connectivity index (χ2v) is 5.60. The highest BCUT2D eigenvalue weighted by Gasteiger charge is 2.17. The van der Waals surface area contributed by atoms with Gasteiger partial charge in [-0.3, -0.25) is 9.78 Å². The van der Waals surface area contributed by atoms with E-state index in [1.165, 1.54) is 19.0 Å². The summed E-state index contributed by atoms with van der Waals surface area (Å²) in [6.07, 6.45) is 6.68. The summed E-state index contributed by atoms with van der Waals surface area (Å²) in [5.74, 6) is 0.492. The van der Waals surface area contributed by atoms with E-state index < -0.39 is 0 Å². The van der Waals surface area contributed by atoms with Crippen LogP contribution >= 0.6 is 0 Å². The van der Waals surface area contributed by atoms with Crippen LogP contribution in [0.25, 0.3) is 0 Å². The number of likely N-dealkylation sites (tertiary alicyclic amines) is 1. The molecule has 2 rings (SSSR count). The van der Waals surface area contributed by atoms with Crippen LogP contribution in [0.5, 0.6) is 0 Å². The first-order valence-corrected chi connectivity index (χ1v) is 7.78. The molecule has 0 saturated carbocycles. The number of carbonyl (C=O) groups excluding carboxylic acids is 1. The van der Waals surface area contributed by atoms with Crippen molar-refractivity contribution < 1.29 is 4.79 Å². The number of aromatic nitrogens is 2. The fourth-order valence-electron chi connectivity index (χ4n) is 2.51. The maximum absolute atomic E-state index is 12.2. The minimum absolute atomic E-state index is 0.115. The van der Waals surface area contributed by atoms with Gasteiger partial charge in [-0.15, -0.1) is 0 Å². The largest absolute Gasteiger partial charge is 0.369 e. The molecule has 2 N–H and O–H groups in total. The van der Waals surface area contributed by atoms with E-state index in [4.69, 9.17) is 0 Å². The van der Waals surface area contributed by atoms with E-state index in [0.717, 1.165) is 32.6 Å². The van der Waals surface area contributed by atoms with E-state index in [0.29, 0.717) is 11.5 Å². The zero-order valence-electron chi connectivity index (χ0n) is 12.9. The van der Waals surface area contributed by atoms with Gasteiger partial charge in [-0.05, 0) is 39.3 Å². The molecule has 0 aromatic carbocycles. The van der Waals surface area contributed by atoms with Gasteiger partial charge in [-0.25, -0.2) is 4.98 Å². The third kappa shape index (κ3) is 4.97. The SMILES string of the molecule is CCCNc1cncc(C(=O)NC(C)CN2CCCC2)n1. The summed E-state index contributed by atoms with van der Waals surface area (Å²) >= 11 is 0. The lowest BCUT2D eigenvalue weighted by Crippen LogP contribution is -2.41. The highest BCUT2D eigenvalue weighted by Crippen LogP contribution is 2.08. The Balaban J connectivity index is 1.86. The second-order valence-electron chi connectivity index (χ2n) is 5.60. The lowest BCUT2D eigenvalue weighted by atomic mass is 10.3. The zero-order valence-corrected chi connectivity index (χ0v) is 12.9. The lowest BCUT2D eigenvalue weighted by Gasteiger charge is -2.21. The van der Waals surface area contributed by atoms with Crippen LogP contribution in [0.4, 0.5) is 5.82 Å². The number of carbonyl (C=O) groups is 1. The monoisotopic (exact) mass is 291 g/mol. The average Bonchev–Trinajstić information content (AvgIpc) is 2.98. The summed E-state index contributed by atoms with van der Waals surface area (Å²) in [7, 11) is 0. The Hall–Kier alpha value is -1.69. The Bertz CT molecular complexity index is 459. The Kier molecular flexibility index (Phi) is 5.92. The van der Waals surface area contributed by atoms with Gasteiger partial charge in [0.25, 0.3) is 5.91 Å². The molecule has 1 unspecified atom stereocenters. The van der Waals surface area contributed by atoms with E-state index in [1.807, 2.05) is 6.92 Å². The number of rotatable bonds is 7. The van der Waals surface area contributed by atoms with Crippen molar-refractivity contribution in [3.05, 3.63) is 18.1 Å². The first-order chi connectivity index (χ1) is 10.2. The molecule has 1 atom stereocenters. The Morgan fingerprint density at radius 2 is 2.14 bits per heavy atom. The molecule has 21 heavy (non-hydrogen) atoms. The predicted molar refractivity (Wildman–Crippen MR) is 83.4 cm³/mol. The molecule has 1 aromatic rings. The molecule has 1 saturated heterocycles. The molecule has 1 fully saturated rings. The van der Waals surface area contributed by atoms with Crippen LogP contribution in [0.3, 0.4) is 0 Å². The summed E-state index contributed by atoms with van der Waals surface area (Å²) in [5.41, 5.74) is 0.365. The zero-order chi connectivity index (χ0) is 15.1. The van der Waals surface area contributed by atoms with E-state index >= 15 is 0 Å². The third-order valence-electron chi connectivity index (χ3n) is 3.53. The maximum atomic E-state index is 12.2. The molecular formula is C15H25N5O. The maximum Gasteiger partial charge on any atom is 0.271 e. The lowest BCUT2D eigenvalue weighted by molar-refractivity contribution is 0.0926. The Labute approximate surface area is 126 Å². The number of amides is 1. The molecule has 6 heteroatoms. The predicted octanol–water partition coefficient (Wildman–Crippen LogP) is 1.51. The Morgan fingerprint density at radius 3 is 2.86 bits per heavy atom. The normalized spacial score (nSPS) is 16.7. The third-order valence-corrected chi connectivity index (χ3v) is 3.53. The molecule has 1 amide bonds. The van der Waals surface area contributed by atoms with Crippen molar-refractivity contribution in [2.45, 2.75) is 39.2 Å².